The molecule has 2 heterocycles. The summed E-state index contributed by atoms with van der Waals surface area (Å²) in [5, 5.41) is 0.221. The monoisotopic (exact) mass is 532 g/mol. The lowest BCUT2D eigenvalue weighted by Crippen LogP contribution is -2.58. The molecule has 1 aromatic heterocycles. The van der Waals surface area contributed by atoms with Gasteiger partial charge < -0.3 is 4.57 Å². The maximum atomic E-state index is 13.4. The summed E-state index contributed by atoms with van der Waals surface area (Å²) in [6.07, 6.45) is 9.38. The van der Waals surface area contributed by atoms with E-state index in [1.807, 2.05) is 0 Å². The zero-order chi connectivity index (χ0) is 23.6. The van der Waals surface area contributed by atoms with Crippen molar-refractivity contribution in [2.45, 2.75) is 55.5 Å². The lowest BCUT2D eigenvalue weighted by molar-refractivity contribution is 0.0165. The zero-order valence-corrected chi connectivity index (χ0v) is 21.6. The van der Waals surface area contributed by atoms with Gasteiger partial charge in [0.2, 0.25) is 0 Å². The summed E-state index contributed by atoms with van der Waals surface area (Å²) in [6, 6.07) is 3.89. The molecule has 188 valence electrons. The van der Waals surface area contributed by atoms with Gasteiger partial charge >= 0.3 is 0 Å². The Morgan fingerprint density at radius 3 is 2.41 bits per heavy atom. The van der Waals surface area contributed by atoms with Crippen molar-refractivity contribution in [3.05, 3.63) is 47.1 Å². The Balaban J connectivity index is 0.00000324. The maximum Gasteiger partial charge on any atom is 0.262 e. The molecule has 0 atom stereocenters. The van der Waals surface area contributed by atoms with Gasteiger partial charge in [0.15, 0.2) is 10.8 Å². The van der Waals surface area contributed by atoms with Crippen LogP contribution in [0.5, 0.6) is 0 Å². The summed E-state index contributed by atoms with van der Waals surface area (Å²) in [5.41, 5.74) is 0.233. The summed E-state index contributed by atoms with van der Waals surface area (Å²) in [6.45, 7) is 2.05. The first-order valence-corrected chi connectivity index (χ1v) is 13.2. The molecule has 2 aromatic rings. The second kappa shape index (κ2) is 11.0. The lowest BCUT2D eigenvalue weighted by Gasteiger charge is -2.49. The van der Waals surface area contributed by atoms with Crippen LogP contribution in [0.25, 0.3) is 0 Å². The SMILES string of the molecule is Cl.Cn1cnc(S(=O)(=O)N2CCN(C3(CCC(=O)c4ccc(F)cc4Cl)CCCCC3)CC2)c1. The normalized spacial score (nSPS) is 19.5. The van der Waals surface area contributed by atoms with Crippen molar-refractivity contribution in [2.24, 2.45) is 7.05 Å². The topological polar surface area (TPSA) is 75.5 Å². The number of ketones is 1. The number of halogens is 3. The molecular formula is C23H31Cl2FN4O3S. The first-order chi connectivity index (χ1) is 15.7. The van der Waals surface area contributed by atoms with E-state index in [2.05, 4.69) is 9.88 Å². The van der Waals surface area contributed by atoms with Crippen LogP contribution in [0.15, 0.2) is 35.7 Å². The third-order valence-corrected chi connectivity index (χ3v) is 9.13. The molecule has 0 unspecified atom stereocenters. The van der Waals surface area contributed by atoms with E-state index in [1.54, 1.807) is 11.6 Å². The number of nitrogens with zero attached hydrogens (tertiary/aromatic N) is 4. The number of sulfonamides is 1. The van der Waals surface area contributed by atoms with Crippen LogP contribution < -0.4 is 0 Å². The molecule has 1 saturated heterocycles. The van der Waals surface area contributed by atoms with E-state index in [0.717, 1.165) is 25.7 Å². The fourth-order valence-corrected chi connectivity index (χ4v) is 6.85. The Labute approximate surface area is 211 Å². The number of aromatic nitrogens is 2. The van der Waals surface area contributed by atoms with Crippen LogP contribution in [-0.2, 0) is 17.1 Å². The Morgan fingerprint density at radius 2 is 1.82 bits per heavy atom. The summed E-state index contributed by atoms with van der Waals surface area (Å²) in [5.74, 6) is -0.542. The highest BCUT2D eigenvalue weighted by atomic mass is 35.5. The molecule has 0 amide bonds. The Bertz CT molecular complexity index is 1110. The Hall–Kier alpha value is -1.52. The average molecular weight is 533 g/mol. The maximum absolute atomic E-state index is 13.4. The van der Waals surface area contributed by atoms with E-state index in [9.17, 15) is 17.6 Å². The molecule has 4 rings (SSSR count). The van der Waals surface area contributed by atoms with Gasteiger partial charge in [-0.1, -0.05) is 30.9 Å². The van der Waals surface area contributed by atoms with Crippen LogP contribution in [0.3, 0.4) is 0 Å². The van der Waals surface area contributed by atoms with Crippen LogP contribution in [0.1, 0.15) is 55.3 Å². The van der Waals surface area contributed by atoms with Crippen LogP contribution in [-0.4, -0.2) is 64.7 Å². The highest BCUT2D eigenvalue weighted by molar-refractivity contribution is 7.89. The molecular weight excluding hydrogens is 502 g/mol. The molecule has 7 nitrogen and oxygen atoms in total. The van der Waals surface area contributed by atoms with E-state index < -0.39 is 15.8 Å². The molecule has 0 radical (unpaired) electrons. The molecule has 0 bridgehead atoms. The Kier molecular flexibility index (Phi) is 8.79. The predicted octanol–water partition coefficient (Wildman–Crippen LogP) is 4.31. The van der Waals surface area contributed by atoms with Crippen molar-refractivity contribution in [3.63, 3.8) is 0 Å². The van der Waals surface area contributed by atoms with Crippen molar-refractivity contribution >= 4 is 39.8 Å². The average Bonchev–Trinajstić information content (AvgIpc) is 3.25. The fraction of sp³-hybridized carbons (Fsp3) is 0.565. The number of rotatable bonds is 7. The predicted molar refractivity (Wildman–Crippen MR) is 132 cm³/mol. The van der Waals surface area contributed by atoms with Gasteiger partial charge in [0.05, 0.1) is 11.3 Å². The molecule has 2 aliphatic rings. The lowest BCUT2D eigenvalue weighted by atomic mass is 9.76. The van der Waals surface area contributed by atoms with Gasteiger partial charge in [-0.2, -0.15) is 4.31 Å². The van der Waals surface area contributed by atoms with Gasteiger partial charge in [-0.05, 0) is 37.5 Å². The number of benzene rings is 1. The highest BCUT2D eigenvalue weighted by Crippen LogP contribution is 2.39. The molecule has 1 aliphatic heterocycles. The van der Waals surface area contributed by atoms with Crippen LogP contribution in [0.4, 0.5) is 4.39 Å². The third kappa shape index (κ3) is 5.65. The molecule has 34 heavy (non-hydrogen) atoms. The van der Waals surface area contributed by atoms with Crippen LogP contribution >= 0.6 is 24.0 Å². The van der Waals surface area contributed by atoms with Crippen molar-refractivity contribution < 1.29 is 17.6 Å². The van der Waals surface area contributed by atoms with Crippen molar-refractivity contribution in [3.8, 4) is 0 Å². The highest BCUT2D eigenvalue weighted by Gasteiger charge is 2.41. The van der Waals surface area contributed by atoms with E-state index in [4.69, 9.17) is 11.6 Å². The number of imidazole rings is 1. The smallest absolute Gasteiger partial charge is 0.262 e. The number of aryl methyl sites for hydroxylation is 1. The number of hydrogen-bond donors (Lipinski definition) is 0. The first-order valence-electron chi connectivity index (χ1n) is 11.4. The molecule has 0 spiro atoms. The minimum Gasteiger partial charge on any atom is -0.339 e. The van der Waals surface area contributed by atoms with Crippen LogP contribution in [0, 0.1) is 5.82 Å². The van der Waals surface area contributed by atoms with Gasteiger partial charge in [0, 0.05) is 56.9 Å². The first kappa shape index (κ1) is 27.1. The zero-order valence-electron chi connectivity index (χ0n) is 19.3. The number of hydrogen-bond acceptors (Lipinski definition) is 5. The van der Waals surface area contributed by atoms with Gasteiger partial charge in [0.25, 0.3) is 10.0 Å². The second-order valence-electron chi connectivity index (χ2n) is 9.10. The largest absolute Gasteiger partial charge is 0.339 e. The van der Waals surface area contributed by atoms with Crippen molar-refractivity contribution in [1.29, 1.82) is 0 Å². The van der Waals surface area contributed by atoms with Gasteiger partial charge in [-0.3, -0.25) is 9.69 Å². The van der Waals surface area contributed by atoms with Gasteiger partial charge in [-0.15, -0.1) is 12.4 Å². The second-order valence-corrected chi connectivity index (χ2v) is 11.4. The molecule has 0 N–H and O–H groups in total. The van der Waals surface area contributed by atoms with E-state index >= 15 is 0 Å². The van der Waals surface area contributed by atoms with E-state index in [-0.39, 0.29) is 33.8 Å². The number of piperazine rings is 1. The molecule has 2 fully saturated rings. The fourth-order valence-electron chi connectivity index (χ4n) is 5.19. The molecule has 1 aliphatic carbocycles. The van der Waals surface area contributed by atoms with Crippen molar-refractivity contribution in [1.82, 2.24) is 18.8 Å². The molecule has 1 aromatic carbocycles. The van der Waals surface area contributed by atoms with Gasteiger partial charge in [0.1, 0.15) is 5.82 Å². The van der Waals surface area contributed by atoms with E-state index in [0.29, 0.717) is 44.6 Å². The summed E-state index contributed by atoms with van der Waals surface area (Å²) >= 11 is 6.10. The standard InChI is InChI=1S/C23H30ClFN4O3S.ClH/c1-27-16-22(26-17-27)33(31,32)29-13-11-28(12-14-29)23(8-3-2-4-9-23)10-7-21(30)19-6-5-18(25)15-20(19)24;/h5-6,15-17H,2-4,7-14H2,1H3;1H. The van der Waals surface area contributed by atoms with Crippen LogP contribution in [0.2, 0.25) is 5.02 Å². The minimum absolute atomic E-state index is 0. The summed E-state index contributed by atoms with van der Waals surface area (Å²) in [7, 11) is -1.86. The minimum atomic E-state index is -3.61. The van der Waals surface area contributed by atoms with E-state index in [1.165, 1.54) is 41.4 Å². The quantitative estimate of drug-likeness (QED) is 0.496. The number of Topliss-reactive ketones (excluding diaryl/α,β-unsaturated/α-hetero) is 1. The Morgan fingerprint density at radius 1 is 1.15 bits per heavy atom. The third-order valence-electron chi connectivity index (χ3n) is 7.03. The molecule has 11 heteroatoms. The number of carbonyl (C=O) groups excluding carboxylic acids is 1. The van der Waals surface area contributed by atoms with Gasteiger partial charge in [-0.25, -0.2) is 17.8 Å². The summed E-state index contributed by atoms with van der Waals surface area (Å²) < 4.78 is 42.4. The van der Waals surface area contributed by atoms with Crippen molar-refractivity contribution in [2.75, 3.05) is 26.2 Å². The summed E-state index contributed by atoms with van der Waals surface area (Å²) in [4.78, 5) is 19.3. The molecule has 1 saturated carbocycles. The number of carbonyl (C=O) groups is 1.